The molecule has 1 atom stereocenters. The molecule has 2 rings (SSSR count). The molecule has 0 spiro atoms. The highest BCUT2D eigenvalue weighted by Gasteiger charge is 2.24. The zero-order chi connectivity index (χ0) is 10.8. The van der Waals surface area contributed by atoms with Crippen molar-refractivity contribution in [3.05, 3.63) is 39.9 Å². The second-order valence-electron chi connectivity index (χ2n) is 4.13. The van der Waals surface area contributed by atoms with E-state index in [0.717, 1.165) is 17.9 Å². The van der Waals surface area contributed by atoms with Crippen LogP contribution in [0.25, 0.3) is 0 Å². The number of benzene rings is 1. The quantitative estimate of drug-likeness (QED) is 0.607. The van der Waals surface area contributed by atoms with Crippen molar-refractivity contribution in [1.82, 2.24) is 0 Å². The molecule has 0 amide bonds. The monoisotopic (exact) mass is 206 g/mol. The standard InChI is InChI=1S/C11H14N2O2/c12-11(7-8-1-2-8)9-3-5-10(6-4-9)13(14)15/h3-6,8,11H,1-2,7,12H2/t11-/m0/s1. The summed E-state index contributed by atoms with van der Waals surface area (Å²) in [5.41, 5.74) is 7.11. The zero-order valence-corrected chi connectivity index (χ0v) is 8.43. The highest BCUT2D eigenvalue weighted by Crippen LogP contribution is 2.36. The summed E-state index contributed by atoms with van der Waals surface area (Å²) in [6, 6.07) is 6.57. The van der Waals surface area contributed by atoms with Crippen molar-refractivity contribution < 1.29 is 4.92 Å². The van der Waals surface area contributed by atoms with Crippen LogP contribution < -0.4 is 5.73 Å². The fraction of sp³-hybridized carbons (Fsp3) is 0.455. The molecule has 4 nitrogen and oxygen atoms in total. The van der Waals surface area contributed by atoms with Crippen LogP contribution in [0.15, 0.2) is 24.3 Å². The number of hydrogen-bond donors (Lipinski definition) is 1. The number of non-ortho nitro benzene ring substituents is 1. The van der Waals surface area contributed by atoms with E-state index in [0.29, 0.717) is 0 Å². The van der Waals surface area contributed by atoms with Gasteiger partial charge in [-0.15, -0.1) is 0 Å². The van der Waals surface area contributed by atoms with Crippen LogP contribution in [0.4, 0.5) is 5.69 Å². The summed E-state index contributed by atoms with van der Waals surface area (Å²) in [7, 11) is 0. The average molecular weight is 206 g/mol. The lowest BCUT2D eigenvalue weighted by molar-refractivity contribution is -0.384. The van der Waals surface area contributed by atoms with Crippen molar-refractivity contribution in [1.29, 1.82) is 0 Å². The van der Waals surface area contributed by atoms with Gasteiger partial charge in [0.05, 0.1) is 4.92 Å². The summed E-state index contributed by atoms with van der Waals surface area (Å²) >= 11 is 0. The lowest BCUT2D eigenvalue weighted by Gasteiger charge is -2.10. The first-order valence-electron chi connectivity index (χ1n) is 5.17. The third kappa shape index (κ3) is 2.53. The van der Waals surface area contributed by atoms with Crippen molar-refractivity contribution in [2.45, 2.75) is 25.3 Å². The Morgan fingerprint density at radius 1 is 1.40 bits per heavy atom. The van der Waals surface area contributed by atoms with Gasteiger partial charge in [0.2, 0.25) is 0 Å². The normalized spacial score (nSPS) is 17.4. The molecule has 0 heterocycles. The largest absolute Gasteiger partial charge is 0.324 e. The van der Waals surface area contributed by atoms with Gasteiger partial charge in [-0.1, -0.05) is 25.0 Å². The minimum atomic E-state index is -0.393. The first-order chi connectivity index (χ1) is 7.16. The van der Waals surface area contributed by atoms with Crippen molar-refractivity contribution >= 4 is 5.69 Å². The first kappa shape index (κ1) is 10.1. The highest BCUT2D eigenvalue weighted by atomic mass is 16.6. The molecule has 0 unspecified atom stereocenters. The van der Waals surface area contributed by atoms with E-state index in [2.05, 4.69) is 0 Å². The Bertz CT molecular complexity index is 357. The van der Waals surface area contributed by atoms with E-state index < -0.39 is 4.92 Å². The van der Waals surface area contributed by atoms with Gasteiger partial charge in [0.15, 0.2) is 0 Å². The van der Waals surface area contributed by atoms with Crippen LogP contribution in [0.2, 0.25) is 0 Å². The van der Waals surface area contributed by atoms with E-state index in [4.69, 9.17) is 5.73 Å². The SMILES string of the molecule is N[C@@H](CC1CC1)c1ccc([N+](=O)[O-])cc1. The van der Waals surface area contributed by atoms with Crippen LogP contribution in [0, 0.1) is 16.0 Å². The minimum Gasteiger partial charge on any atom is -0.324 e. The van der Waals surface area contributed by atoms with Gasteiger partial charge in [-0.2, -0.15) is 0 Å². The van der Waals surface area contributed by atoms with Gasteiger partial charge < -0.3 is 5.73 Å². The van der Waals surface area contributed by atoms with Crippen LogP contribution in [0.3, 0.4) is 0 Å². The zero-order valence-electron chi connectivity index (χ0n) is 8.43. The van der Waals surface area contributed by atoms with Crippen LogP contribution in [0.1, 0.15) is 30.9 Å². The van der Waals surface area contributed by atoms with Gasteiger partial charge in [-0.3, -0.25) is 10.1 Å². The van der Waals surface area contributed by atoms with Gasteiger partial charge in [0.25, 0.3) is 5.69 Å². The summed E-state index contributed by atoms with van der Waals surface area (Å²) < 4.78 is 0. The van der Waals surface area contributed by atoms with E-state index >= 15 is 0 Å². The molecule has 1 aromatic rings. The average Bonchev–Trinajstić information content (AvgIpc) is 3.02. The Hall–Kier alpha value is -1.42. The van der Waals surface area contributed by atoms with Crippen molar-refractivity contribution in [3.63, 3.8) is 0 Å². The van der Waals surface area contributed by atoms with Gasteiger partial charge >= 0.3 is 0 Å². The second kappa shape index (κ2) is 3.98. The summed E-state index contributed by atoms with van der Waals surface area (Å²) in [5, 5.41) is 10.4. The molecule has 80 valence electrons. The number of nitro groups is 1. The molecule has 1 saturated carbocycles. The fourth-order valence-corrected chi connectivity index (χ4v) is 1.69. The summed E-state index contributed by atoms with van der Waals surface area (Å²) in [6.45, 7) is 0. The Kier molecular flexibility index (Phi) is 2.68. The molecule has 0 aliphatic heterocycles. The molecule has 1 aliphatic rings. The fourth-order valence-electron chi connectivity index (χ4n) is 1.69. The summed E-state index contributed by atoms with van der Waals surface area (Å²) in [4.78, 5) is 10.1. The summed E-state index contributed by atoms with van der Waals surface area (Å²) in [6.07, 6.45) is 3.55. The molecule has 4 heteroatoms. The minimum absolute atomic E-state index is 0.0262. The summed E-state index contributed by atoms with van der Waals surface area (Å²) in [5.74, 6) is 0.773. The topological polar surface area (TPSA) is 69.2 Å². The molecule has 0 aromatic heterocycles. The van der Waals surface area contributed by atoms with Crippen molar-refractivity contribution in [2.24, 2.45) is 11.7 Å². The molecule has 0 bridgehead atoms. The number of rotatable bonds is 4. The van der Waals surface area contributed by atoms with E-state index in [9.17, 15) is 10.1 Å². The Morgan fingerprint density at radius 2 is 2.00 bits per heavy atom. The van der Waals surface area contributed by atoms with Crippen molar-refractivity contribution in [3.8, 4) is 0 Å². The molecule has 1 fully saturated rings. The molecule has 1 aliphatic carbocycles. The predicted octanol–water partition coefficient (Wildman–Crippen LogP) is 2.39. The van der Waals surface area contributed by atoms with Crippen LogP contribution in [0.5, 0.6) is 0 Å². The Morgan fingerprint density at radius 3 is 2.47 bits per heavy atom. The van der Waals surface area contributed by atoms with Gasteiger partial charge in [0.1, 0.15) is 0 Å². The van der Waals surface area contributed by atoms with Crippen LogP contribution in [-0.2, 0) is 0 Å². The van der Waals surface area contributed by atoms with E-state index in [1.165, 1.54) is 25.0 Å². The van der Waals surface area contributed by atoms with Gasteiger partial charge in [-0.05, 0) is 17.9 Å². The second-order valence-corrected chi connectivity index (χ2v) is 4.13. The lowest BCUT2D eigenvalue weighted by Crippen LogP contribution is -2.10. The number of nitrogens with two attached hydrogens (primary N) is 1. The third-order valence-corrected chi connectivity index (χ3v) is 2.82. The maximum atomic E-state index is 10.4. The predicted molar refractivity (Wildman–Crippen MR) is 57.4 cm³/mol. The van der Waals surface area contributed by atoms with Gasteiger partial charge in [-0.25, -0.2) is 0 Å². The number of hydrogen-bond acceptors (Lipinski definition) is 3. The molecule has 0 saturated heterocycles. The molecule has 1 aromatic carbocycles. The number of nitrogens with zero attached hydrogens (tertiary/aromatic N) is 1. The maximum absolute atomic E-state index is 10.4. The molecule has 15 heavy (non-hydrogen) atoms. The van der Waals surface area contributed by atoms with Crippen LogP contribution in [-0.4, -0.2) is 4.92 Å². The molecular formula is C11H14N2O2. The van der Waals surface area contributed by atoms with E-state index in [1.54, 1.807) is 12.1 Å². The van der Waals surface area contributed by atoms with E-state index in [-0.39, 0.29) is 11.7 Å². The van der Waals surface area contributed by atoms with Crippen LogP contribution >= 0.6 is 0 Å². The van der Waals surface area contributed by atoms with E-state index in [1.807, 2.05) is 0 Å². The van der Waals surface area contributed by atoms with Gasteiger partial charge in [0, 0.05) is 18.2 Å². The molecular weight excluding hydrogens is 192 g/mol. The smallest absolute Gasteiger partial charge is 0.269 e. The Labute approximate surface area is 88.2 Å². The molecule has 2 N–H and O–H groups in total. The third-order valence-electron chi connectivity index (χ3n) is 2.82. The van der Waals surface area contributed by atoms with Crippen molar-refractivity contribution in [2.75, 3.05) is 0 Å². The molecule has 0 radical (unpaired) electrons. The lowest BCUT2D eigenvalue weighted by atomic mass is 10.0. The first-order valence-corrected chi connectivity index (χ1v) is 5.17. The maximum Gasteiger partial charge on any atom is 0.269 e. The Balaban J connectivity index is 2.04. The number of nitro benzene ring substituents is 1. The highest BCUT2D eigenvalue weighted by molar-refractivity contribution is 5.34.